The summed E-state index contributed by atoms with van der Waals surface area (Å²) in [4.78, 5) is 3.86. The fourth-order valence-corrected chi connectivity index (χ4v) is 4.83. The number of sulfonamides is 1. The third-order valence-electron chi connectivity index (χ3n) is 4.13. The highest BCUT2D eigenvalue weighted by atomic mass is 35.5. The van der Waals surface area contributed by atoms with Crippen molar-refractivity contribution in [1.29, 1.82) is 0 Å². The van der Waals surface area contributed by atoms with E-state index in [1.54, 1.807) is 0 Å². The molecular weight excluding hydrogens is 307 g/mol. The molecule has 0 spiro atoms. The predicted molar refractivity (Wildman–Crippen MR) is 73.8 cm³/mol. The van der Waals surface area contributed by atoms with Crippen molar-refractivity contribution in [2.75, 3.05) is 0 Å². The van der Waals surface area contributed by atoms with Crippen LogP contribution in [0.15, 0.2) is 17.2 Å². The van der Waals surface area contributed by atoms with Crippen LogP contribution < -0.4 is 4.72 Å². The normalized spacial score (nSPS) is 29.9. The lowest BCUT2D eigenvalue weighted by Crippen LogP contribution is -2.38. The van der Waals surface area contributed by atoms with Crippen LogP contribution in [0.2, 0.25) is 10.2 Å². The Morgan fingerprint density at radius 1 is 1.26 bits per heavy atom. The second kappa shape index (κ2) is 4.88. The molecule has 2 aliphatic carbocycles. The van der Waals surface area contributed by atoms with Gasteiger partial charge in [0.05, 0.1) is 5.02 Å². The van der Waals surface area contributed by atoms with Gasteiger partial charge < -0.3 is 0 Å². The predicted octanol–water partition coefficient (Wildman–Crippen LogP) is 2.86. The van der Waals surface area contributed by atoms with Gasteiger partial charge >= 0.3 is 0 Å². The first kappa shape index (κ1) is 13.6. The summed E-state index contributed by atoms with van der Waals surface area (Å²) >= 11 is 11.5. The van der Waals surface area contributed by atoms with E-state index in [0.29, 0.717) is 11.8 Å². The molecule has 0 aromatic carbocycles. The van der Waals surface area contributed by atoms with Crippen LogP contribution in [0.3, 0.4) is 0 Å². The zero-order chi connectivity index (χ0) is 13.6. The zero-order valence-electron chi connectivity index (χ0n) is 10.1. The lowest BCUT2D eigenvalue weighted by atomic mass is 9.96. The van der Waals surface area contributed by atoms with Crippen molar-refractivity contribution in [1.82, 2.24) is 9.71 Å². The monoisotopic (exact) mass is 320 g/mol. The Morgan fingerprint density at radius 2 is 2.05 bits per heavy atom. The van der Waals surface area contributed by atoms with Gasteiger partial charge in [0.25, 0.3) is 0 Å². The van der Waals surface area contributed by atoms with Gasteiger partial charge in [-0.3, -0.25) is 0 Å². The first-order valence-corrected chi connectivity index (χ1v) is 8.53. The van der Waals surface area contributed by atoms with Crippen LogP contribution in [0.1, 0.15) is 25.7 Å². The van der Waals surface area contributed by atoms with Crippen LogP contribution in [-0.2, 0) is 10.0 Å². The van der Waals surface area contributed by atoms with E-state index in [9.17, 15) is 8.42 Å². The van der Waals surface area contributed by atoms with Gasteiger partial charge in [-0.05, 0) is 37.2 Å². The molecule has 1 aromatic heterocycles. The summed E-state index contributed by atoms with van der Waals surface area (Å²) < 4.78 is 27.3. The minimum atomic E-state index is -3.56. The number of nitrogens with one attached hydrogen (secondary N) is 1. The van der Waals surface area contributed by atoms with Crippen molar-refractivity contribution in [3.63, 3.8) is 0 Å². The topological polar surface area (TPSA) is 59.1 Å². The van der Waals surface area contributed by atoms with Crippen LogP contribution in [0.25, 0.3) is 0 Å². The molecule has 7 heteroatoms. The van der Waals surface area contributed by atoms with E-state index in [0.717, 1.165) is 19.3 Å². The Labute approximate surface area is 122 Å². The number of hydrogen-bond acceptors (Lipinski definition) is 3. The van der Waals surface area contributed by atoms with E-state index >= 15 is 0 Å². The maximum Gasteiger partial charge on any atom is 0.242 e. The summed E-state index contributed by atoms with van der Waals surface area (Å²) in [5.41, 5.74) is 0. The van der Waals surface area contributed by atoms with Crippen molar-refractivity contribution in [3.05, 3.63) is 22.4 Å². The third kappa shape index (κ3) is 2.61. The molecule has 19 heavy (non-hydrogen) atoms. The van der Waals surface area contributed by atoms with E-state index in [-0.39, 0.29) is 21.1 Å². The molecule has 1 heterocycles. The molecule has 1 N–H and O–H groups in total. The SMILES string of the molecule is O=S(=O)(NC1CC2CCC1C2)c1cnc(Cl)c(Cl)c1. The van der Waals surface area contributed by atoms with Crippen molar-refractivity contribution in [3.8, 4) is 0 Å². The minimum absolute atomic E-state index is 0.0539. The number of halogens is 2. The van der Waals surface area contributed by atoms with Gasteiger partial charge in [0.1, 0.15) is 10.0 Å². The fourth-order valence-electron chi connectivity index (χ4n) is 3.21. The molecule has 0 radical (unpaired) electrons. The minimum Gasteiger partial charge on any atom is -0.242 e. The van der Waals surface area contributed by atoms with E-state index in [4.69, 9.17) is 23.2 Å². The molecule has 104 valence electrons. The van der Waals surface area contributed by atoms with Crippen molar-refractivity contribution in [2.45, 2.75) is 36.6 Å². The average Bonchev–Trinajstić information content (AvgIpc) is 2.94. The van der Waals surface area contributed by atoms with E-state index in [1.165, 1.54) is 18.7 Å². The summed E-state index contributed by atoms with van der Waals surface area (Å²) in [7, 11) is -3.56. The summed E-state index contributed by atoms with van der Waals surface area (Å²) in [5.74, 6) is 1.17. The van der Waals surface area contributed by atoms with Gasteiger partial charge in [-0.2, -0.15) is 0 Å². The number of hydrogen-bond donors (Lipinski definition) is 1. The molecule has 3 rings (SSSR count). The van der Waals surface area contributed by atoms with Gasteiger partial charge in [-0.25, -0.2) is 18.1 Å². The number of rotatable bonds is 3. The van der Waals surface area contributed by atoms with E-state index in [2.05, 4.69) is 9.71 Å². The first-order valence-electron chi connectivity index (χ1n) is 6.29. The Balaban J connectivity index is 1.80. The summed E-state index contributed by atoms with van der Waals surface area (Å²) in [6.45, 7) is 0. The maximum atomic E-state index is 12.3. The highest BCUT2D eigenvalue weighted by molar-refractivity contribution is 7.89. The molecule has 2 fully saturated rings. The Bertz CT molecular complexity index is 606. The molecule has 0 saturated heterocycles. The lowest BCUT2D eigenvalue weighted by Gasteiger charge is -2.22. The molecule has 4 nitrogen and oxygen atoms in total. The summed E-state index contributed by atoms with van der Waals surface area (Å²) in [6, 6.07) is 1.39. The smallest absolute Gasteiger partial charge is 0.242 e. The Kier molecular flexibility index (Phi) is 3.50. The second-order valence-electron chi connectivity index (χ2n) is 5.35. The number of pyridine rings is 1. The molecule has 1 aromatic rings. The quantitative estimate of drug-likeness (QED) is 0.871. The molecule has 3 unspecified atom stereocenters. The van der Waals surface area contributed by atoms with Gasteiger partial charge in [-0.15, -0.1) is 0 Å². The van der Waals surface area contributed by atoms with Gasteiger partial charge in [0.15, 0.2) is 0 Å². The molecule has 0 amide bonds. The first-order chi connectivity index (χ1) is 8.95. The van der Waals surface area contributed by atoms with Crippen molar-refractivity contribution < 1.29 is 8.42 Å². The summed E-state index contributed by atoms with van der Waals surface area (Å²) in [5, 5.41) is 0.262. The molecule has 3 atom stereocenters. The largest absolute Gasteiger partial charge is 0.242 e. The fraction of sp³-hybridized carbons (Fsp3) is 0.583. The van der Waals surface area contributed by atoms with Gasteiger partial charge in [0.2, 0.25) is 10.0 Å². The highest BCUT2D eigenvalue weighted by Crippen LogP contribution is 2.44. The highest BCUT2D eigenvalue weighted by Gasteiger charge is 2.41. The zero-order valence-corrected chi connectivity index (χ0v) is 12.5. The Morgan fingerprint density at radius 3 is 2.63 bits per heavy atom. The van der Waals surface area contributed by atoms with Crippen molar-refractivity contribution in [2.24, 2.45) is 11.8 Å². The van der Waals surface area contributed by atoms with Gasteiger partial charge in [0, 0.05) is 12.2 Å². The standard InChI is InChI=1S/C12H14Cl2N2O2S/c13-10-5-9(6-15-12(10)14)19(17,18)16-11-4-7-1-2-8(11)3-7/h5-8,11,16H,1-4H2. The molecular formula is C12H14Cl2N2O2S. The molecule has 2 bridgehead atoms. The number of aromatic nitrogens is 1. The molecule has 2 aliphatic rings. The molecule has 0 aliphatic heterocycles. The van der Waals surface area contributed by atoms with Crippen LogP contribution in [0.4, 0.5) is 0 Å². The summed E-state index contributed by atoms with van der Waals surface area (Å²) in [6.07, 6.45) is 5.68. The Hall–Kier alpha value is -0.360. The molecule has 2 saturated carbocycles. The van der Waals surface area contributed by atoms with Gasteiger partial charge in [-0.1, -0.05) is 29.6 Å². The van der Waals surface area contributed by atoms with Crippen LogP contribution in [-0.4, -0.2) is 19.4 Å². The number of fused-ring (bicyclic) bond motifs is 2. The van der Waals surface area contributed by atoms with Crippen LogP contribution in [0.5, 0.6) is 0 Å². The van der Waals surface area contributed by atoms with Crippen LogP contribution in [0, 0.1) is 11.8 Å². The number of nitrogens with zero attached hydrogens (tertiary/aromatic N) is 1. The maximum absolute atomic E-state index is 12.3. The second-order valence-corrected chi connectivity index (χ2v) is 7.83. The average molecular weight is 321 g/mol. The van der Waals surface area contributed by atoms with Crippen LogP contribution >= 0.6 is 23.2 Å². The third-order valence-corrected chi connectivity index (χ3v) is 6.27. The lowest BCUT2D eigenvalue weighted by molar-refractivity contribution is 0.390. The van der Waals surface area contributed by atoms with Crippen molar-refractivity contribution >= 4 is 33.2 Å². The van der Waals surface area contributed by atoms with E-state index in [1.807, 2.05) is 0 Å². The van der Waals surface area contributed by atoms with E-state index < -0.39 is 10.0 Å².